The maximum Gasteiger partial charge on any atom is 0.282 e. The summed E-state index contributed by atoms with van der Waals surface area (Å²) in [5.41, 5.74) is 0.607. The lowest BCUT2D eigenvalue weighted by molar-refractivity contribution is -0.385. The number of nitro groups is 1. The van der Waals surface area contributed by atoms with E-state index in [2.05, 4.69) is 5.32 Å². The lowest BCUT2D eigenvalue weighted by atomic mass is 10.1. The van der Waals surface area contributed by atoms with Crippen LogP contribution in [0.5, 0.6) is 0 Å². The summed E-state index contributed by atoms with van der Waals surface area (Å²) in [4.78, 5) is 24.4. The van der Waals surface area contributed by atoms with Crippen LogP contribution in [-0.4, -0.2) is 49.6 Å². The first-order valence-corrected chi connectivity index (χ1v) is 6.78. The highest BCUT2D eigenvalue weighted by molar-refractivity contribution is 5.99. The van der Waals surface area contributed by atoms with Crippen molar-refractivity contribution in [2.24, 2.45) is 0 Å². The summed E-state index contributed by atoms with van der Waals surface area (Å²) in [6, 6.07) is 4.48. The molecule has 0 spiro atoms. The van der Waals surface area contributed by atoms with Gasteiger partial charge in [-0.25, -0.2) is 0 Å². The number of anilines is 1. The van der Waals surface area contributed by atoms with Gasteiger partial charge in [-0.15, -0.1) is 0 Å². The smallest absolute Gasteiger partial charge is 0.282 e. The standard InChI is InChI=1S/C14H21N3O4/c1-4-15-11-6-7-13(17(19)20)12(10-11)14(18)16(2)8-5-9-21-3/h6-7,10,15H,4-5,8-9H2,1-3H3. The van der Waals surface area contributed by atoms with E-state index in [1.165, 1.54) is 17.0 Å². The zero-order chi connectivity index (χ0) is 15.8. The van der Waals surface area contributed by atoms with Gasteiger partial charge in [-0.05, 0) is 25.5 Å². The predicted octanol–water partition coefficient (Wildman–Crippen LogP) is 2.14. The molecule has 0 aliphatic carbocycles. The number of methoxy groups -OCH3 is 1. The molecule has 0 bridgehead atoms. The molecule has 0 unspecified atom stereocenters. The molecule has 0 saturated carbocycles. The van der Waals surface area contributed by atoms with Crippen LogP contribution in [0.25, 0.3) is 0 Å². The fourth-order valence-corrected chi connectivity index (χ4v) is 1.93. The Balaban J connectivity index is 2.98. The van der Waals surface area contributed by atoms with Crippen LogP contribution in [0, 0.1) is 10.1 Å². The maximum atomic E-state index is 12.4. The Bertz CT molecular complexity index is 505. The monoisotopic (exact) mass is 295 g/mol. The number of carbonyl (C=O) groups excluding carboxylic acids is 1. The largest absolute Gasteiger partial charge is 0.385 e. The van der Waals surface area contributed by atoms with Crippen LogP contribution in [0.1, 0.15) is 23.7 Å². The summed E-state index contributed by atoms with van der Waals surface area (Å²) in [5.74, 6) is -0.363. The highest BCUT2D eigenvalue weighted by Gasteiger charge is 2.23. The van der Waals surface area contributed by atoms with E-state index in [-0.39, 0.29) is 17.2 Å². The van der Waals surface area contributed by atoms with Crippen molar-refractivity contribution < 1.29 is 14.5 Å². The minimum atomic E-state index is -0.536. The minimum absolute atomic E-state index is 0.0957. The number of amides is 1. The van der Waals surface area contributed by atoms with Gasteiger partial charge in [0.2, 0.25) is 0 Å². The second-order valence-corrected chi connectivity index (χ2v) is 4.59. The molecular weight excluding hydrogens is 274 g/mol. The second-order valence-electron chi connectivity index (χ2n) is 4.59. The lowest BCUT2D eigenvalue weighted by Crippen LogP contribution is -2.29. The van der Waals surface area contributed by atoms with Gasteiger partial charge in [0.05, 0.1) is 4.92 Å². The van der Waals surface area contributed by atoms with Gasteiger partial charge in [0, 0.05) is 45.6 Å². The molecule has 0 aliphatic rings. The molecule has 0 heterocycles. The molecule has 116 valence electrons. The van der Waals surface area contributed by atoms with Crippen molar-refractivity contribution in [2.45, 2.75) is 13.3 Å². The van der Waals surface area contributed by atoms with E-state index < -0.39 is 4.92 Å². The average molecular weight is 295 g/mol. The Morgan fingerprint density at radius 1 is 1.48 bits per heavy atom. The fraction of sp³-hybridized carbons (Fsp3) is 0.500. The molecule has 1 N–H and O–H groups in total. The van der Waals surface area contributed by atoms with E-state index in [4.69, 9.17) is 4.74 Å². The first-order valence-electron chi connectivity index (χ1n) is 6.78. The van der Waals surface area contributed by atoms with Gasteiger partial charge < -0.3 is 15.0 Å². The Labute approximate surface area is 124 Å². The minimum Gasteiger partial charge on any atom is -0.385 e. The zero-order valence-electron chi connectivity index (χ0n) is 12.6. The van der Waals surface area contributed by atoms with Crippen LogP contribution in [0.4, 0.5) is 11.4 Å². The zero-order valence-corrected chi connectivity index (χ0v) is 12.6. The molecule has 0 aliphatic heterocycles. The van der Waals surface area contributed by atoms with Gasteiger partial charge in [0.25, 0.3) is 11.6 Å². The van der Waals surface area contributed by atoms with Gasteiger partial charge in [-0.1, -0.05) is 0 Å². The number of rotatable bonds is 8. The summed E-state index contributed by atoms with van der Waals surface area (Å²) in [7, 11) is 3.22. The molecule has 1 amide bonds. The molecule has 21 heavy (non-hydrogen) atoms. The molecule has 0 atom stereocenters. The lowest BCUT2D eigenvalue weighted by Gasteiger charge is -2.17. The molecule has 0 aromatic heterocycles. The Morgan fingerprint density at radius 2 is 2.19 bits per heavy atom. The Hall–Kier alpha value is -2.15. The summed E-state index contributed by atoms with van der Waals surface area (Å²) < 4.78 is 4.93. The number of hydrogen-bond acceptors (Lipinski definition) is 5. The van der Waals surface area contributed by atoms with Crippen LogP contribution in [0.15, 0.2) is 18.2 Å². The average Bonchev–Trinajstić information content (AvgIpc) is 2.46. The van der Waals surface area contributed by atoms with Gasteiger partial charge in [0.1, 0.15) is 5.56 Å². The topological polar surface area (TPSA) is 84.7 Å². The van der Waals surface area contributed by atoms with Gasteiger partial charge in [-0.3, -0.25) is 14.9 Å². The normalized spacial score (nSPS) is 10.2. The summed E-state index contributed by atoms with van der Waals surface area (Å²) in [6.07, 6.45) is 0.680. The third-order valence-electron chi connectivity index (χ3n) is 2.99. The SMILES string of the molecule is CCNc1ccc([N+](=O)[O-])c(C(=O)N(C)CCCOC)c1. The van der Waals surface area contributed by atoms with Crippen molar-refractivity contribution >= 4 is 17.3 Å². The van der Waals surface area contributed by atoms with Crippen LogP contribution < -0.4 is 5.32 Å². The van der Waals surface area contributed by atoms with E-state index in [0.29, 0.717) is 31.8 Å². The maximum absolute atomic E-state index is 12.4. The first kappa shape index (κ1) is 16.9. The first-order chi connectivity index (χ1) is 10.0. The summed E-state index contributed by atoms with van der Waals surface area (Å²) >= 11 is 0. The van der Waals surface area contributed by atoms with Crippen LogP contribution in [0.2, 0.25) is 0 Å². The highest BCUT2D eigenvalue weighted by Crippen LogP contribution is 2.24. The molecule has 7 nitrogen and oxygen atoms in total. The van der Waals surface area contributed by atoms with Crippen molar-refractivity contribution in [1.82, 2.24) is 4.90 Å². The summed E-state index contributed by atoms with van der Waals surface area (Å²) in [5, 5.41) is 14.1. The Kier molecular flexibility index (Phi) is 6.61. The van der Waals surface area contributed by atoms with E-state index in [1.807, 2.05) is 6.92 Å². The van der Waals surface area contributed by atoms with Crippen molar-refractivity contribution in [2.75, 3.05) is 39.2 Å². The summed E-state index contributed by atoms with van der Waals surface area (Å²) in [6.45, 7) is 3.61. The third-order valence-corrected chi connectivity index (χ3v) is 2.99. The number of nitrogens with zero attached hydrogens (tertiary/aromatic N) is 2. The quantitative estimate of drug-likeness (QED) is 0.451. The third kappa shape index (κ3) is 4.71. The van der Waals surface area contributed by atoms with E-state index >= 15 is 0 Å². The fourth-order valence-electron chi connectivity index (χ4n) is 1.93. The number of nitrogens with one attached hydrogen (secondary N) is 1. The number of carbonyl (C=O) groups is 1. The number of ether oxygens (including phenoxy) is 1. The van der Waals surface area contributed by atoms with Crippen molar-refractivity contribution in [3.8, 4) is 0 Å². The second kappa shape index (κ2) is 8.21. The Morgan fingerprint density at radius 3 is 2.76 bits per heavy atom. The van der Waals surface area contributed by atoms with Crippen molar-refractivity contribution in [1.29, 1.82) is 0 Å². The molecule has 1 rings (SSSR count). The highest BCUT2D eigenvalue weighted by atomic mass is 16.6. The predicted molar refractivity (Wildman–Crippen MR) is 80.7 cm³/mol. The van der Waals surface area contributed by atoms with Crippen LogP contribution in [0.3, 0.4) is 0 Å². The molecule has 0 saturated heterocycles. The van der Waals surface area contributed by atoms with Gasteiger partial charge in [-0.2, -0.15) is 0 Å². The molecule has 1 aromatic rings. The number of hydrogen-bond donors (Lipinski definition) is 1. The molecule has 1 aromatic carbocycles. The van der Waals surface area contributed by atoms with Gasteiger partial charge in [0.15, 0.2) is 0 Å². The molecule has 7 heteroatoms. The van der Waals surface area contributed by atoms with Crippen molar-refractivity contribution in [3.63, 3.8) is 0 Å². The van der Waals surface area contributed by atoms with Gasteiger partial charge >= 0.3 is 0 Å². The van der Waals surface area contributed by atoms with E-state index in [0.717, 1.165) is 0 Å². The van der Waals surface area contributed by atoms with Crippen LogP contribution >= 0.6 is 0 Å². The van der Waals surface area contributed by atoms with E-state index in [9.17, 15) is 14.9 Å². The number of nitro benzene ring substituents is 1. The van der Waals surface area contributed by atoms with E-state index in [1.54, 1.807) is 20.2 Å². The van der Waals surface area contributed by atoms with Crippen LogP contribution in [-0.2, 0) is 4.74 Å². The molecule has 0 fully saturated rings. The van der Waals surface area contributed by atoms with Crippen molar-refractivity contribution in [3.05, 3.63) is 33.9 Å². The number of benzene rings is 1. The molecular formula is C14H21N3O4. The molecule has 0 radical (unpaired) electrons.